The van der Waals surface area contributed by atoms with E-state index in [0.717, 1.165) is 37.1 Å². The van der Waals surface area contributed by atoms with Crippen molar-refractivity contribution < 1.29 is 32.3 Å². The molecule has 1 aromatic rings. The quantitative estimate of drug-likeness (QED) is 0.716. The van der Waals surface area contributed by atoms with E-state index in [9.17, 15) is 27.6 Å². The monoisotopic (exact) mass is 372 g/mol. The first-order chi connectivity index (χ1) is 12.2. The van der Waals surface area contributed by atoms with Gasteiger partial charge in [0.25, 0.3) is 11.8 Å². The van der Waals surface area contributed by atoms with Gasteiger partial charge < -0.3 is 15.4 Å². The van der Waals surface area contributed by atoms with Crippen molar-refractivity contribution in [2.75, 3.05) is 13.2 Å². The summed E-state index contributed by atoms with van der Waals surface area (Å²) in [6.45, 7) is 0.930. The fourth-order valence-corrected chi connectivity index (χ4v) is 2.27. The number of hydrogen-bond donors (Lipinski definition) is 2. The average Bonchev–Trinajstić information content (AvgIpc) is 3.42. The molecule has 0 aromatic heterocycles. The molecule has 1 fully saturated rings. The Kier molecular flexibility index (Phi) is 6.23. The van der Waals surface area contributed by atoms with Crippen molar-refractivity contribution in [3.63, 3.8) is 0 Å². The summed E-state index contributed by atoms with van der Waals surface area (Å²) in [7, 11) is 0. The lowest BCUT2D eigenvalue weighted by molar-refractivity contribution is -0.147. The molecule has 9 heteroatoms. The largest absolute Gasteiger partial charge is 0.454 e. The van der Waals surface area contributed by atoms with Crippen molar-refractivity contribution in [2.24, 2.45) is 5.92 Å². The van der Waals surface area contributed by atoms with Crippen LogP contribution >= 0.6 is 0 Å². The molecule has 1 aromatic carbocycles. The minimum absolute atomic E-state index is 0.0261. The normalized spacial score (nSPS) is 15.1. The molecule has 6 nitrogen and oxygen atoms in total. The summed E-state index contributed by atoms with van der Waals surface area (Å²) in [5.41, 5.74) is -0.901. The van der Waals surface area contributed by atoms with E-state index >= 15 is 0 Å². The molecule has 2 rings (SSSR count). The zero-order valence-electron chi connectivity index (χ0n) is 14.1. The number of esters is 1. The van der Waals surface area contributed by atoms with E-state index in [1.165, 1.54) is 0 Å². The molecule has 1 saturated carbocycles. The Morgan fingerprint density at radius 1 is 1.19 bits per heavy atom. The smallest absolute Gasteiger partial charge is 0.416 e. The van der Waals surface area contributed by atoms with Crippen LogP contribution in [0.4, 0.5) is 13.2 Å². The maximum Gasteiger partial charge on any atom is 0.416 e. The van der Waals surface area contributed by atoms with Crippen LogP contribution in [0.25, 0.3) is 0 Å². The molecule has 1 aliphatic rings. The van der Waals surface area contributed by atoms with E-state index in [-0.39, 0.29) is 11.6 Å². The first kappa shape index (κ1) is 19.7. The number of benzene rings is 1. The molecule has 1 aliphatic carbocycles. The number of carbonyl (C=O) groups is 3. The standard InChI is InChI=1S/C17H19F3N2O4/c1-10(11-2-3-11)22-14(23)9-26-15(24)8-21-16(25)12-4-6-13(7-5-12)17(18,19)20/h4-7,10-11H,2-3,8-9H2,1H3,(H,21,25)(H,22,23)/t10-/m1/s1. The van der Waals surface area contributed by atoms with Crippen LogP contribution in [-0.2, 0) is 20.5 Å². The molecule has 0 heterocycles. The Balaban J connectivity index is 1.70. The van der Waals surface area contributed by atoms with Gasteiger partial charge in [-0.2, -0.15) is 13.2 Å². The Labute approximate surface area is 148 Å². The number of hydrogen-bond acceptors (Lipinski definition) is 4. The number of carbonyl (C=O) groups excluding carboxylic acids is 3. The van der Waals surface area contributed by atoms with Crippen molar-refractivity contribution in [1.82, 2.24) is 10.6 Å². The van der Waals surface area contributed by atoms with E-state index < -0.39 is 42.7 Å². The fourth-order valence-electron chi connectivity index (χ4n) is 2.27. The van der Waals surface area contributed by atoms with Crippen LogP contribution in [0, 0.1) is 5.92 Å². The minimum atomic E-state index is -4.49. The Bertz CT molecular complexity index is 670. The Hall–Kier alpha value is -2.58. The van der Waals surface area contributed by atoms with E-state index in [1.54, 1.807) is 0 Å². The Morgan fingerprint density at radius 3 is 2.35 bits per heavy atom. The molecule has 26 heavy (non-hydrogen) atoms. The van der Waals surface area contributed by atoms with Gasteiger partial charge in [0.15, 0.2) is 6.61 Å². The summed E-state index contributed by atoms with van der Waals surface area (Å²) in [6.07, 6.45) is -2.36. The molecule has 1 atom stereocenters. The summed E-state index contributed by atoms with van der Waals surface area (Å²) in [4.78, 5) is 34.9. The van der Waals surface area contributed by atoms with Crippen LogP contribution in [0.1, 0.15) is 35.7 Å². The predicted octanol–water partition coefficient (Wildman–Crippen LogP) is 1.89. The molecule has 0 bridgehead atoms. The lowest BCUT2D eigenvalue weighted by atomic mass is 10.1. The van der Waals surface area contributed by atoms with Gasteiger partial charge in [-0.3, -0.25) is 14.4 Å². The third kappa shape index (κ3) is 6.05. The minimum Gasteiger partial charge on any atom is -0.454 e. The lowest BCUT2D eigenvalue weighted by Crippen LogP contribution is -2.38. The third-order valence-electron chi connectivity index (χ3n) is 3.95. The van der Waals surface area contributed by atoms with Crippen LogP contribution in [-0.4, -0.2) is 37.0 Å². The summed E-state index contributed by atoms with van der Waals surface area (Å²) < 4.78 is 42.1. The fraction of sp³-hybridized carbons (Fsp3) is 0.471. The number of nitrogens with one attached hydrogen (secondary N) is 2. The average molecular weight is 372 g/mol. The molecule has 0 radical (unpaired) electrons. The van der Waals surface area contributed by atoms with Crippen molar-refractivity contribution in [3.05, 3.63) is 35.4 Å². The molecule has 0 spiro atoms. The summed E-state index contributed by atoms with van der Waals surface area (Å²) in [5, 5.41) is 4.93. The van der Waals surface area contributed by atoms with Gasteiger partial charge in [-0.1, -0.05) is 0 Å². The molecule has 0 unspecified atom stereocenters. The highest BCUT2D eigenvalue weighted by Gasteiger charge is 2.30. The van der Waals surface area contributed by atoms with Gasteiger partial charge >= 0.3 is 12.1 Å². The number of rotatable bonds is 7. The number of halogens is 3. The maximum atomic E-state index is 12.5. The van der Waals surface area contributed by atoms with Crippen LogP contribution in [0.3, 0.4) is 0 Å². The second-order valence-corrected chi connectivity index (χ2v) is 6.11. The second kappa shape index (κ2) is 8.20. The molecular weight excluding hydrogens is 353 g/mol. The molecule has 142 valence electrons. The van der Waals surface area contributed by atoms with Gasteiger partial charge in [0.05, 0.1) is 5.56 Å². The number of ether oxygens (including phenoxy) is 1. The molecular formula is C17H19F3N2O4. The number of alkyl halides is 3. The van der Waals surface area contributed by atoms with Gasteiger partial charge in [0.1, 0.15) is 6.54 Å². The third-order valence-corrected chi connectivity index (χ3v) is 3.95. The highest BCUT2D eigenvalue weighted by atomic mass is 19.4. The highest BCUT2D eigenvalue weighted by molar-refractivity contribution is 5.96. The SMILES string of the molecule is C[C@@H](NC(=O)COC(=O)CNC(=O)c1ccc(C(F)(F)F)cc1)C1CC1. The number of amides is 2. The van der Waals surface area contributed by atoms with Gasteiger partial charge in [0, 0.05) is 11.6 Å². The van der Waals surface area contributed by atoms with Crippen LogP contribution < -0.4 is 10.6 Å². The van der Waals surface area contributed by atoms with E-state index in [0.29, 0.717) is 5.92 Å². The van der Waals surface area contributed by atoms with Gasteiger partial charge in [0.2, 0.25) is 0 Å². The van der Waals surface area contributed by atoms with Gasteiger partial charge in [-0.15, -0.1) is 0 Å². The van der Waals surface area contributed by atoms with Gasteiger partial charge in [-0.05, 0) is 49.9 Å². The molecule has 2 N–H and O–H groups in total. The van der Waals surface area contributed by atoms with E-state index in [1.807, 2.05) is 6.92 Å². The van der Waals surface area contributed by atoms with Crippen LogP contribution in [0.5, 0.6) is 0 Å². The lowest BCUT2D eigenvalue weighted by Gasteiger charge is -2.13. The molecule has 0 saturated heterocycles. The van der Waals surface area contributed by atoms with E-state index in [2.05, 4.69) is 10.6 Å². The topological polar surface area (TPSA) is 84.5 Å². The first-order valence-corrected chi connectivity index (χ1v) is 8.07. The van der Waals surface area contributed by atoms with Crippen LogP contribution in [0.2, 0.25) is 0 Å². The Morgan fingerprint density at radius 2 is 1.81 bits per heavy atom. The van der Waals surface area contributed by atoms with Crippen LogP contribution in [0.15, 0.2) is 24.3 Å². The molecule has 0 aliphatic heterocycles. The maximum absolute atomic E-state index is 12.5. The van der Waals surface area contributed by atoms with Crippen molar-refractivity contribution in [3.8, 4) is 0 Å². The van der Waals surface area contributed by atoms with Crippen molar-refractivity contribution in [1.29, 1.82) is 0 Å². The zero-order valence-corrected chi connectivity index (χ0v) is 14.1. The summed E-state index contributed by atoms with van der Waals surface area (Å²) >= 11 is 0. The summed E-state index contributed by atoms with van der Waals surface area (Å²) in [5.74, 6) is -1.49. The zero-order chi connectivity index (χ0) is 19.3. The van der Waals surface area contributed by atoms with Crippen molar-refractivity contribution in [2.45, 2.75) is 32.0 Å². The first-order valence-electron chi connectivity index (χ1n) is 8.07. The second-order valence-electron chi connectivity index (χ2n) is 6.11. The predicted molar refractivity (Wildman–Crippen MR) is 85.1 cm³/mol. The van der Waals surface area contributed by atoms with E-state index in [4.69, 9.17) is 4.74 Å². The molecule has 2 amide bonds. The van der Waals surface area contributed by atoms with Gasteiger partial charge in [-0.25, -0.2) is 0 Å². The highest BCUT2D eigenvalue weighted by Crippen LogP contribution is 2.32. The van der Waals surface area contributed by atoms with Crippen molar-refractivity contribution >= 4 is 17.8 Å². The summed E-state index contributed by atoms with van der Waals surface area (Å²) in [6, 6.07) is 3.60.